The lowest BCUT2D eigenvalue weighted by Crippen LogP contribution is -2.33. The number of rotatable bonds is 4. The molecule has 98 valence electrons. The Morgan fingerprint density at radius 2 is 2.39 bits per heavy atom. The van der Waals surface area contributed by atoms with Crippen LogP contribution in [-0.4, -0.2) is 31.1 Å². The van der Waals surface area contributed by atoms with Gasteiger partial charge in [0.15, 0.2) is 0 Å². The van der Waals surface area contributed by atoms with Crippen molar-refractivity contribution in [3.8, 4) is 5.88 Å². The van der Waals surface area contributed by atoms with E-state index in [1.807, 2.05) is 6.07 Å². The number of nitrogens with one attached hydrogen (secondary N) is 2. The Kier molecular flexibility index (Phi) is 4.15. The number of ether oxygens (including phenoxy) is 1. The van der Waals surface area contributed by atoms with E-state index in [0.717, 1.165) is 18.7 Å². The van der Waals surface area contributed by atoms with Crippen molar-refractivity contribution in [2.75, 3.05) is 20.2 Å². The van der Waals surface area contributed by atoms with Crippen molar-refractivity contribution in [2.24, 2.45) is 11.8 Å². The molecule has 1 fully saturated rings. The molecule has 0 aromatic carbocycles. The Morgan fingerprint density at radius 1 is 1.56 bits per heavy atom. The molecule has 0 aliphatic carbocycles. The lowest BCUT2D eigenvalue weighted by Gasteiger charge is -2.14. The van der Waals surface area contributed by atoms with Crippen LogP contribution in [0.1, 0.15) is 12.5 Å². The summed E-state index contributed by atoms with van der Waals surface area (Å²) in [6.45, 7) is 4.30. The maximum Gasteiger partial charge on any atom is 0.224 e. The van der Waals surface area contributed by atoms with Gasteiger partial charge in [-0.05, 0) is 18.0 Å². The van der Waals surface area contributed by atoms with Crippen LogP contribution in [0.2, 0.25) is 0 Å². The lowest BCUT2D eigenvalue weighted by molar-refractivity contribution is -0.125. The van der Waals surface area contributed by atoms with Gasteiger partial charge in [-0.25, -0.2) is 4.98 Å². The summed E-state index contributed by atoms with van der Waals surface area (Å²) >= 11 is 0. The third-order valence-corrected chi connectivity index (χ3v) is 3.33. The molecule has 18 heavy (non-hydrogen) atoms. The van der Waals surface area contributed by atoms with Crippen molar-refractivity contribution in [1.82, 2.24) is 15.6 Å². The zero-order chi connectivity index (χ0) is 13.0. The molecule has 1 amide bonds. The number of methoxy groups -OCH3 is 1. The standard InChI is InChI=1S/C13H19N3O2/c1-9-5-14-8-11(9)13(17)16-7-10-3-4-12(18-2)15-6-10/h3-4,6,9,11,14H,5,7-8H2,1-2H3,(H,16,17). The predicted molar refractivity (Wildman–Crippen MR) is 68.2 cm³/mol. The Bertz CT molecular complexity index is 405. The summed E-state index contributed by atoms with van der Waals surface area (Å²) in [7, 11) is 1.58. The highest BCUT2D eigenvalue weighted by atomic mass is 16.5. The first kappa shape index (κ1) is 12.8. The Labute approximate surface area is 107 Å². The van der Waals surface area contributed by atoms with E-state index in [0.29, 0.717) is 18.3 Å². The normalized spacial score (nSPS) is 22.8. The molecular weight excluding hydrogens is 230 g/mol. The van der Waals surface area contributed by atoms with E-state index < -0.39 is 0 Å². The topological polar surface area (TPSA) is 63.2 Å². The minimum Gasteiger partial charge on any atom is -0.481 e. The molecule has 2 atom stereocenters. The molecule has 0 bridgehead atoms. The SMILES string of the molecule is COc1ccc(CNC(=O)C2CNCC2C)cn1. The van der Waals surface area contributed by atoms with Crippen molar-refractivity contribution in [1.29, 1.82) is 0 Å². The van der Waals surface area contributed by atoms with Crippen LogP contribution >= 0.6 is 0 Å². The van der Waals surface area contributed by atoms with Gasteiger partial charge in [0.05, 0.1) is 13.0 Å². The number of hydrogen-bond donors (Lipinski definition) is 2. The lowest BCUT2D eigenvalue weighted by atomic mass is 9.97. The largest absolute Gasteiger partial charge is 0.481 e. The van der Waals surface area contributed by atoms with Gasteiger partial charge in [-0.1, -0.05) is 13.0 Å². The molecule has 0 saturated carbocycles. The molecule has 0 spiro atoms. The predicted octanol–water partition coefficient (Wildman–Crippen LogP) is 0.562. The van der Waals surface area contributed by atoms with Crippen molar-refractivity contribution in [3.05, 3.63) is 23.9 Å². The first-order valence-electron chi connectivity index (χ1n) is 6.18. The van der Waals surface area contributed by atoms with Crippen LogP contribution in [-0.2, 0) is 11.3 Å². The molecule has 5 nitrogen and oxygen atoms in total. The van der Waals surface area contributed by atoms with Gasteiger partial charge in [-0.3, -0.25) is 4.79 Å². The number of carbonyl (C=O) groups excluding carboxylic acids is 1. The minimum absolute atomic E-state index is 0.0798. The van der Waals surface area contributed by atoms with Crippen molar-refractivity contribution in [3.63, 3.8) is 0 Å². The highest BCUT2D eigenvalue weighted by molar-refractivity contribution is 5.79. The monoisotopic (exact) mass is 249 g/mol. The Hall–Kier alpha value is -1.62. The zero-order valence-electron chi connectivity index (χ0n) is 10.8. The van der Waals surface area contributed by atoms with Gasteiger partial charge in [0, 0.05) is 25.4 Å². The van der Waals surface area contributed by atoms with E-state index in [9.17, 15) is 4.79 Å². The smallest absolute Gasteiger partial charge is 0.224 e. The molecule has 2 rings (SSSR count). The first-order chi connectivity index (χ1) is 8.70. The number of nitrogens with zero attached hydrogens (tertiary/aromatic N) is 1. The molecule has 0 radical (unpaired) electrons. The summed E-state index contributed by atoms with van der Waals surface area (Å²) < 4.78 is 4.98. The molecular formula is C13H19N3O2. The second-order valence-corrected chi connectivity index (χ2v) is 4.67. The van der Waals surface area contributed by atoms with Crippen LogP contribution < -0.4 is 15.4 Å². The zero-order valence-corrected chi connectivity index (χ0v) is 10.8. The van der Waals surface area contributed by atoms with Gasteiger partial charge < -0.3 is 15.4 Å². The third kappa shape index (κ3) is 2.98. The maximum atomic E-state index is 12.0. The van der Waals surface area contributed by atoms with Gasteiger partial charge in [0.2, 0.25) is 11.8 Å². The summed E-state index contributed by atoms with van der Waals surface area (Å²) in [5.41, 5.74) is 0.975. The van der Waals surface area contributed by atoms with Crippen LogP contribution in [0.4, 0.5) is 0 Å². The van der Waals surface area contributed by atoms with Gasteiger partial charge in [-0.2, -0.15) is 0 Å². The molecule has 1 aromatic rings. The molecule has 1 aliphatic heterocycles. The Morgan fingerprint density at radius 3 is 2.94 bits per heavy atom. The number of aromatic nitrogens is 1. The van der Waals surface area contributed by atoms with Crippen molar-refractivity contribution in [2.45, 2.75) is 13.5 Å². The molecule has 1 aliphatic rings. The number of carbonyl (C=O) groups is 1. The fourth-order valence-corrected chi connectivity index (χ4v) is 2.12. The molecule has 5 heteroatoms. The summed E-state index contributed by atoms with van der Waals surface area (Å²) in [4.78, 5) is 16.1. The van der Waals surface area contributed by atoms with Crippen molar-refractivity contribution >= 4 is 5.91 Å². The molecule has 2 heterocycles. The van der Waals surface area contributed by atoms with Gasteiger partial charge in [0.25, 0.3) is 0 Å². The van der Waals surface area contributed by atoms with E-state index in [2.05, 4.69) is 22.5 Å². The third-order valence-electron chi connectivity index (χ3n) is 3.33. The fourth-order valence-electron chi connectivity index (χ4n) is 2.12. The Balaban J connectivity index is 1.85. The molecule has 2 unspecified atom stereocenters. The highest BCUT2D eigenvalue weighted by Crippen LogP contribution is 2.16. The van der Waals surface area contributed by atoms with E-state index in [-0.39, 0.29) is 11.8 Å². The van der Waals surface area contributed by atoms with E-state index >= 15 is 0 Å². The maximum absolute atomic E-state index is 12.0. The second-order valence-electron chi connectivity index (χ2n) is 4.67. The summed E-state index contributed by atoms with van der Waals surface area (Å²) in [6.07, 6.45) is 1.72. The summed E-state index contributed by atoms with van der Waals surface area (Å²) in [6, 6.07) is 3.70. The minimum atomic E-state index is 0.0798. The quantitative estimate of drug-likeness (QED) is 0.818. The number of hydrogen-bond acceptors (Lipinski definition) is 4. The number of amides is 1. The van der Waals surface area contributed by atoms with Gasteiger partial charge in [-0.15, -0.1) is 0 Å². The van der Waals surface area contributed by atoms with Gasteiger partial charge >= 0.3 is 0 Å². The van der Waals surface area contributed by atoms with E-state index in [1.165, 1.54) is 0 Å². The van der Waals surface area contributed by atoms with Crippen LogP contribution in [0.3, 0.4) is 0 Å². The first-order valence-corrected chi connectivity index (χ1v) is 6.18. The van der Waals surface area contributed by atoms with Crippen LogP contribution in [0.5, 0.6) is 5.88 Å². The summed E-state index contributed by atoms with van der Waals surface area (Å²) in [5, 5.41) is 6.18. The van der Waals surface area contributed by atoms with Crippen LogP contribution in [0.15, 0.2) is 18.3 Å². The van der Waals surface area contributed by atoms with Crippen molar-refractivity contribution < 1.29 is 9.53 Å². The molecule has 1 aromatic heterocycles. The highest BCUT2D eigenvalue weighted by Gasteiger charge is 2.29. The van der Waals surface area contributed by atoms with Gasteiger partial charge in [0.1, 0.15) is 0 Å². The number of pyridine rings is 1. The summed E-state index contributed by atoms with van der Waals surface area (Å²) in [5.74, 6) is 1.18. The molecule has 1 saturated heterocycles. The van der Waals surface area contributed by atoms with E-state index in [1.54, 1.807) is 19.4 Å². The second kappa shape index (κ2) is 5.82. The van der Waals surface area contributed by atoms with E-state index in [4.69, 9.17) is 4.74 Å². The average Bonchev–Trinajstić information content (AvgIpc) is 2.83. The molecule has 2 N–H and O–H groups in total. The van der Waals surface area contributed by atoms with Crippen LogP contribution in [0, 0.1) is 11.8 Å². The fraction of sp³-hybridized carbons (Fsp3) is 0.538. The van der Waals surface area contributed by atoms with Crippen LogP contribution in [0.25, 0.3) is 0 Å². The average molecular weight is 249 g/mol.